The minimum absolute atomic E-state index is 0.361. The van der Waals surface area contributed by atoms with Crippen molar-refractivity contribution in [2.45, 2.75) is 46.1 Å². The van der Waals surface area contributed by atoms with Crippen molar-refractivity contribution in [1.82, 2.24) is 15.0 Å². The van der Waals surface area contributed by atoms with Crippen molar-refractivity contribution >= 4 is 27.8 Å². The van der Waals surface area contributed by atoms with E-state index in [9.17, 15) is 4.79 Å². The third-order valence-corrected chi connectivity index (χ3v) is 4.69. The van der Waals surface area contributed by atoms with Gasteiger partial charge in [0.1, 0.15) is 11.3 Å². The molecule has 0 spiro atoms. The van der Waals surface area contributed by atoms with Crippen LogP contribution in [0.3, 0.4) is 0 Å². The Morgan fingerprint density at radius 1 is 1.37 bits per heavy atom. The van der Waals surface area contributed by atoms with Gasteiger partial charge in [0.25, 0.3) is 0 Å². The molecule has 27 heavy (non-hydrogen) atoms. The van der Waals surface area contributed by atoms with Crippen LogP contribution in [0.25, 0.3) is 22.4 Å². The number of furan rings is 1. The third kappa shape index (κ3) is 5.17. The molecule has 0 unspecified atom stereocenters. The van der Waals surface area contributed by atoms with Crippen LogP contribution in [-0.4, -0.2) is 39.4 Å². The molecule has 0 bridgehead atoms. The van der Waals surface area contributed by atoms with E-state index in [0.717, 1.165) is 35.3 Å². The highest BCUT2D eigenvalue weighted by molar-refractivity contribution is 6.62. The van der Waals surface area contributed by atoms with E-state index >= 15 is 0 Å². The number of rotatable bonds is 4. The summed E-state index contributed by atoms with van der Waals surface area (Å²) in [6.07, 6.45) is 3.58. The maximum absolute atomic E-state index is 9.21. The molecule has 3 aromatic rings. The summed E-state index contributed by atoms with van der Waals surface area (Å²) in [5, 5.41) is 4.70. The highest BCUT2D eigenvalue weighted by atomic mass is 35.5. The smallest absolute Gasteiger partial charge is 0.223 e. The summed E-state index contributed by atoms with van der Waals surface area (Å²) in [5.41, 5.74) is 1.87. The highest BCUT2D eigenvalue weighted by Crippen LogP contribution is 2.26. The lowest BCUT2D eigenvalue weighted by Crippen LogP contribution is -2.28. The molecule has 2 aromatic heterocycles. The first-order chi connectivity index (χ1) is 12.9. The molecule has 0 amide bonds. The monoisotopic (exact) mass is 389 g/mol. The normalized spacial score (nSPS) is 17.1. The molecule has 0 N–H and O–H groups in total. The number of halogens is 1. The maximum atomic E-state index is 9.21. The molecule has 0 saturated carbocycles. The molecule has 0 radical (unpaired) electrons. The van der Waals surface area contributed by atoms with Crippen molar-refractivity contribution in [1.29, 1.82) is 0 Å². The fraction of sp³-hybridized carbons (Fsp3) is 0.450. The highest BCUT2D eigenvalue weighted by Gasteiger charge is 2.20. The van der Waals surface area contributed by atoms with Gasteiger partial charge in [-0.3, -0.25) is 4.79 Å². The van der Waals surface area contributed by atoms with E-state index in [2.05, 4.69) is 45.7 Å². The van der Waals surface area contributed by atoms with E-state index in [1.54, 1.807) is 6.92 Å². The molecular weight excluding hydrogens is 366 g/mol. The van der Waals surface area contributed by atoms with E-state index in [4.69, 9.17) is 8.94 Å². The van der Waals surface area contributed by atoms with Gasteiger partial charge in [-0.15, -0.1) is 0 Å². The number of likely N-dealkylation sites (tertiary alicyclic amines) is 1. The van der Waals surface area contributed by atoms with Gasteiger partial charge in [-0.1, -0.05) is 5.16 Å². The molecule has 1 aliphatic rings. The third-order valence-electron chi connectivity index (χ3n) is 4.69. The minimum Gasteiger partial charge on any atom is -0.461 e. The largest absolute Gasteiger partial charge is 0.461 e. The molecular formula is C20H24ClN3O3. The molecule has 1 fully saturated rings. The molecule has 1 aliphatic heterocycles. The maximum Gasteiger partial charge on any atom is 0.223 e. The van der Waals surface area contributed by atoms with Crippen molar-refractivity contribution in [3.05, 3.63) is 35.9 Å². The van der Waals surface area contributed by atoms with Crippen LogP contribution in [0.1, 0.15) is 38.3 Å². The van der Waals surface area contributed by atoms with Gasteiger partial charge in [0.15, 0.2) is 0 Å². The van der Waals surface area contributed by atoms with Crippen LogP contribution in [0.5, 0.6) is 0 Å². The van der Waals surface area contributed by atoms with Crippen LogP contribution < -0.4 is 0 Å². The van der Waals surface area contributed by atoms with E-state index in [1.807, 2.05) is 12.1 Å². The first kappa shape index (κ1) is 19.6. The number of benzene rings is 1. The summed E-state index contributed by atoms with van der Waals surface area (Å²) in [5.74, 6) is 2.24. The Labute approximate surface area is 163 Å². The van der Waals surface area contributed by atoms with E-state index in [0.29, 0.717) is 17.8 Å². The van der Waals surface area contributed by atoms with E-state index in [-0.39, 0.29) is 5.24 Å². The summed E-state index contributed by atoms with van der Waals surface area (Å²) in [7, 11) is 0. The van der Waals surface area contributed by atoms with Crippen molar-refractivity contribution in [3.8, 4) is 11.4 Å². The van der Waals surface area contributed by atoms with Gasteiger partial charge in [-0.25, -0.2) is 0 Å². The van der Waals surface area contributed by atoms with Crippen molar-refractivity contribution in [2.24, 2.45) is 0 Å². The Bertz CT molecular complexity index is 914. The molecule has 1 atom stereocenters. The second-order valence-corrected chi connectivity index (χ2v) is 7.38. The van der Waals surface area contributed by atoms with Gasteiger partial charge in [0, 0.05) is 43.8 Å². The number of hydrogen-bond donors (Lipinski definition) is 0. The predicted molar refractivity (Wildman–Crippen MR) is 105 cm³/mol. The number of carbonyl (C=O) groups is 1. The quantitative estimate of drug-likeness (QED) is 0.607. The van der Waals surface area contributed by atoms with Gasteiger partial charge < -0.3 is 13.8 Å². The Hall–Kier alpha value is -2.18. The van der Waals surface area contributed by atoms with Crippen LogP contribution >= 0.6 is 11.6 Å². The molecule has 7 heteroatoms. The second kappa shape index (κ2) is 8.67. The Morgan fingerprint density at radius 3 is 2.78 bits per heavy atom. The summed E-state index contributed by atoms with van der Waals surface area (Å²) in [6, 6.07) is 8.85. The Balaban J connectivity index is 0.000000481. The predicted octanol–water partition coefficient (Wildman–Crippen LogP) is 4.59. The number of nitrogens with zero attached hydrogens (tertiary/aromatic N) is 3. The molecule has 1 saturated heterocycles. The van der Waals surface area contributed by atoms with E-state index < -0.39 is 0 Å². The number of aromatic nitrogens is 2. The Kier molecular flexibility index (Phi) is 6.29. The van der Waals surface area contributed by atoms with Gasteiger partial charge in [-0.05, 0) is 62.2 Å². The molecule has 6 nitrogen and oxygen atoms in total. The summed E-state index contributed by atoms with van der Waals surface area (Å²) < 4.78 is 11.0. The SMILES string of the molecule is CC(=O)Cl.Cc1nc(-c2ccc3oc(CCN4CCC[C@H]4C)cc3c2)no1. The zero-order chi connectivity index (χ0) is 19.4. The summed E-state index contributed by atoms with van der Waals surface area (Å²) in [4.78, 5) is 16.0. The van der Waals surface area contributed by atoms with Crippen LogP contribution in [0.2, 0.25) is 0 Å². The second-order valence-electron chi connectivity index (χ2n) is 6.85. The van der Waals surface area contributed by atoms with Crippen molar-refractivity contribution in [3.63, 3.8) is 0 Å². The van der Waals surface area contributed by atoms with Gasteiger partial charge in [0.05, 0.1) is 0 Å². The van der Waals surface area contributed by atoms with Crippen molar-refractivity contribution in [2.75, 3.05) is 13.1 Å². The van der Waals surface area contributed by atoms with Crippen LogP contribution in [0, 0.1) is 6.92 Å². The zero-order valence-corrected chi connectivity index (χ0v) is 16.6. The number of carbonyl (C=O) groups excluding carboxylic acids is 1. The minimum atomic E-state index is -0.361. The molecule has 1 aromatic carbocycles. The number of fused-ring (bicyclic) bond motifs is 1. The number of hydrogen-bond acceptors (Lipinski definition) is 6. The number of aryl methyl sites for hydroxylation is 1. The Morgan fingerprint density at radius 2 is 2.15 bits per heavy atom. The first-order valence-corrected chi connectivity index (χ1v) is 9.53. The fourth-order valence-electron chi connectivity index (χ4n) is 3.36. The standard InChI is InChI=1S/C18H21N3O2.C2H3ClO/c1-12-4-3-8-21(12)9-7-16-11-15-10-14(5-6-17(15)22-16)18-19-13(2)23-20-18;1-2(3)4/h5-6,10-12H,3-4,7-9H2,1-2H3;1H3/t12-;/m1./s1. The first-order valence-electron chi connectivity index (χ1n) is 9.15. The molecule has 3 heterocycles. The molecule has 144 valence electrons. The van der Waals surface area contributed by atoms with Gasteiger partial charge in [-0.2, -0.15) is 4.98 Å². The lowest BCUT2D eigenvalue weighted by molar-refractivity contribution is -0.109. The van der Waals surface area contributed by atoms with Crippen LogP contribution in [0.15, 0.2) is 33.2 Å². The molecule has 0 aliphatic carbocycles. The lowest BCUT2D eigenvalue weighted by atomic mass is 10.1. The van der Waals surface area contributed by atoms with Crippen LogP contribution in [0.4, 0.5) is 0 Å². The zero-order valence-electron chi connectivity index (χ0n) is 15.9. The van der Waals surface area contributed by atoms with Gasteiger partial charge in [0.2, 0.25) is 17.0 Å². The molecule has 4 rings (SSSR count). The van der Waals surface area contributed by atoms with E-state index in [1.165, 1.54) is 26.3 Å². The average Bonchev–Trinajstić information content (AvgIpc) is 3.31. The summed E-state index contributed by atoms with van der Waals surface area (Å²) >= 11 is 4.64. The summed E-state index contributed by atoms with van der Waals surface area (Å²) in [6.45, 7) is 7.68. The van der Waals surface area contributed by atoms with Gasteiger partial charge >= 0.3 is 0 Å². The fourth-order valence-corrected chi connectivity index (χ4v) is 3.36. The van der Waals surface area contributed by atoms with Crippen molar-refractivity contribution < 1.29 is 13.7 Å². The average molecular weight is 390 g/mol. The topological polar surface area (TPSA) is 72.4 Å². The van der Waals surface area contributed by atoms with Crippen LogP contribution in [-0.2, 0) is 11.2 Å². The lowest BCUT2D eigenvalue weighted by Gasteiger charge is -2.19.